The number of hydrogen-bond acceptors (Lipinski definition) is 5. The van der Waals surface area contributed by atoms with Gasteiger partial charge in [-0.25, -0.2) is 5.43 Å². The maximum Gasteiger partial charge on any atom is 0.260 e. The zero-order valence-electron chi connectivity index (χ0n) is 17.0. The third-order valence-electron chi connectivity index (χ3n) is 4.90. The molecule has 2 amide bonds. The number of anilines is 1. The van der Waals surface area contributed by atoms with Crippen LogP contribution in [0.2, 0.25) is 0 Å². The molecule has 7 heteroatoms. The quantitative estimate of drug-likeness (QED) is 0.347. The van der Waals surface area contributed by atoms with Crippen molar-refractivity contribution in [2.45, 2.75) is 0 Å². The molecule has 0 aromatic heterocycles. The van der Waals surface area contributed by atoms with Gasteiger partial charge in [-0.2, -0.15) is 5.10 Å². The van der Waals surface area contributed by atoms with E-state index in [4.69, 9.17) is 9.47 Å². The minimum Gasteiger partial charge on any atom is -0.493 e. The van der Waals surface area contributed by atoms with Crippen LogP contribution in [0.15, 0.2) is 72.4 Å². The van der Waals surface area contributed by atoms with Gasteiger partial charge in [0.15, 0.2) is 11.5 Å². The number of rotatable bonds is 8. The molecule has 0 atom stereocenters. The van der Waals surface area contributed by atoms with Crippen molar-refractivity contribution in [3.05, 3.63) is 78.4 Å². The third-order valence-corrected chi connectivity index (χ3v) is 4.90. The van der Waals surface area contributed by atoms with Crippen LogP contribution in [0, 0.1) is 0 Å². The number of carbonyl (C=O) groups is 2. The molecule has 1 aliphatic rings. The lowest BCUT2D eigenvalue weighted by Gasteiger charge is -2.16. The van der Waals surface area contributed by atoms with Crippen LogP contribution in [-0.2, 0) is 4.79 Å². The topological polar surface area (TPSA) is 80.2 Å². The van der Waals surface area contributed by atoms with Crippen LogP contribution in [0.4, 0.5) is 5.69 Å². The monoisotopic (exact) mass is 415 g/mol. The Labute approximate surface area is 179 Å². The Balaban J connectivity index is 1.42. The Bertz CT molecular complexity index is 1200. The molecule has 0 radical (unpaired) electrons. The third kappa shape index (κ3) is 3.98. The molecule has 0 aliphatic carbocycles. The summed E-state index contributed by atoms with van der Waals surface area (Å²) < 4.78 is 10.8. The normalized spacial score (nSPS) is 12.4. The van der Waals surface area contributed by atoms with E-state index < -0.39 is 5.91 Å². The van der Waals surface area contributed by atoms with Crippen LogP contribution < -0.4 is 19.8 Å². The van der Waals surface area contributed by atoms with Crippen molar-refractivity contribution in [2.24, 2.45) is 5.10 Å². The molecule has 0 bridgehead atoms. The fraction of sp³-hybridized carbons (Fsp3) is 0.125. The summed E-state index contributed by atoms with van der Waals surface area (Å²) in [5.74, 6) is 0.550. The molecule has 0 saturated heterocycles. The van der Waals surface area contributed by atoms with Gasteiger partial charge in [0.1, 0.15) is 13.2 Å². The highest BCUT2D eigenvalue weighted by molar-refractivity contribution is 6.26. The Hall–Kier alpha value is -4.13. The van der Waals surface area contributed by atoms with E-state index in [2.05, 4.69) is 17.1 Å². The highest BCUT2D eigenvalue weighted by Crippen LogP contribution is 2.36. The average molecular weight is 415 g/mol. The number of carbonyl (C=O) groups excluding carboxylic acids is 2. The molecule has 3 aromatic rings. The van der Waals surface area contributed by atoms with Gasteiger partial charge < -0.3 is 9.47 Å². The maximum atomic E-state index is 12.8. The van der Waals surface area contributed by atoms with Gasteiger partial charge in [0, 0.05) is 10.9 Å². The lowest BCUT2D eigenvalue weighted by atomic mass is 10.1. The Kier molecular flexibility index (Phi) is 5.66. The molecular formula is C24H21N3O4. The number of hydrazone groups is 1. The van der Waals surface area contributed by atoms with Crippen LogP contribution in [0.1, 0.15) is 15.9 Å². The lowest BCUT2D eigenvalue weighted by molar-refractivity contribution is -0.119. The minimum atomic E-state index is -0.396. The summed E-state index contributed by atoms with van der Waals surface area (Å²) in [6, 6.07) is 16.5. The fourth-order valence-electron chi connectivity index (χ4n) is 3.53. The fourth-order valence-corrected chi connectivity index (χ4v) is 3.53. The van der Waals surface area contributed by atoms with Crippen molar-refractivity contribution in [1.29, 1.82) is 0 Å². The van der Waals surface area contributed by atoms with Gasteiger partial charge in [0.25, 0.3) is 11.8 Å². The van der Waals surface area contributed by atoms with Crippen molar-refractivity contribution >= 4 is 34.5 Å². The van der Waals surface area contributed by atoms with E-state index in [1.165, 1.54) is 11.1 Å². The van der Waals surface area contributed by atoms with Crippen molar-refractivity contribution < 1.29 is 19.1 Å². The molecule has 1 aliphatic heterocycles. The van der Waals surface area contributed by atoms with Gasteiger partial charge in [-0.05, 0) is 41.3 Å². The maximum absolute atomic E-state index is 12.8. The summed E-state index contributed by atoms with van der Waals surface area (Å²) in [7, 11) is 1.55. The number of nitrogens with zero attached hydrogens (tertiary/aromatic N) is 2. The molecule has 156 valence electrons. The molecule has 31 heavy (non-hydrogen) atoms. The second-order valence-corrected chi connectivity index (χ2v) is 6.88. The Morgan fingerprint density at radius 2 is 1.97 bits per heavy atom. The Morgan fingerprint density at radius 1 is 1.16 bits per heavy atom. The summed E-state index contributed by atoms with van der Waals surface area (Å²) in [6.07, 6.45) is 3.15. The molecule has 0 spiro atoms. The van der Waals surface area contributed by atoms with Crippen molar-refractivity contribution in [3.63, 3.8) is 0 Å². The number of benzene rings is 3. The van der Waals surface area contributed by atoms with Gasteiger partial charge in [-0.15, -0.1) is 0 Å². The number of ether oxygens (including phenoxy) is 2. The van der Waals surface area contributed by atoms with Gasteiger partial charge in [0.05, 0.1) is 19.0 Å². The number of methoxy groups -OCH3 is 1. The van der Waals surface area contributed by atoms with Gasteiger partial charge in [-0.3, -0.25) is 14.5 Å². The molecule has 3 aromatic carbocycles. The highest BCUT2D eigenvalue weighted by atomic mass is 16.5. The summed E-state index contributed by atoms with van der Waals surface area (Å²) >= 11 is 0. The van der Waals surface area contributed by atoms with E-state index in [9.17, 15) is 9.59 Å². The zero-order chi connectivity index (χ0) is 21.8. The standard InChI is InChI=1S/C24H21N3O4/c1-3-12-31-20-11-10-16(13-21(20)30-2)14-25-26-22(28)15-27-19-9-5-7-17-6-4-8-18(23(17)19)24(27)29/h3-11,13-14H,1,12,15H2,2H3,(H,26,28)/b25-14-. The van der Waals surface area contributed by atoms with Crippen molar-refractivity contribution in [2.75, 3.05) is 25.2 Å². The molecule has 1 N–H and O–H groups in total. The van der Waals surface area contributed by atoms with Crippen LogP contribution in [0.3, 0.4) is 0 Å². The first-order valence-corrected chi connectivity index (χ1v) is 9.69. The number of nitrogens with one attached hydrogen (secondary N) is 1. The zero-order valence-corrected chi connectivity index (χ0v) is 17.0. The number of hydrogen-bond donors (Lipinski definition) is 1. The Morgan fingerprint density at radius 3 is 2.74 bits per heavy atom. The van der Waals surface area contributed by atoms with Crippen LogP contribution in [0.5, 0.6) is 11.5 Å². The van der Waals surface area contributed by atoms with E-state index in [1.807, 2.05) is 30.3 Å². The van der Waals surface area contributed by atoms with E-state index in [0.717, 1.165) is 22.0 Å². The predicted molar refractivity (Wildman–Crippen MR) is 120 cm³/mol. The SMILES string of the molecule is C=CCOc1ccc(/C=N\NC(=O)CN2C(=O)c3cccc4cccc2c34)cc1OC. The van der Waals surface area contributed by atoms with Crippen molar-refractivity contribution in [3.8, 4) is 11.5 Å². The predicted octanol–water partition coefficient (Wildman–Crippen LogP) is 3.52. The summed E-state index contributed by atoms with van der Waals surface area (Å²) in [6.45, 7) is 3.86. The van der Waals surface area contributed by atoms with E-state index in [0.29, 0.717) is 23.7 Å². The van der Waals surface area contributed by atoms with Crippen LogP contribution >= 0.6 is 0 Å². The molecule has 7 nitrogen and oxygen atoms in total. The van der Waals surface area contributed by atoms with Crippen LogP contribution in [0.25, 0.3) is 10.8 Å². The van der Waals surface area contributed by atoms with E-state index >= 15 is 0 Å². The highest BCUT2D eigenvalue weighted by Gasteiger charge is 2.30. The molecule has 0 saturated carbocycles. The minimum absolute atomic E-state index is 0.123. The van der Waals surface area contributed by atoms with Crippen LogP contribution in [-0.4, -0.2) is 38.3 Å². The molecular weight excluding hydrogens is 394 g/mol. The molecule has 0 unspecified atom stereocenters. The first kappa shape index (κ1) is 20.2. The van der Waals surface area contributed by atoms with Crippen molar-refractivity contribution in [1.82, 2.24) is 5.43 Å². The van der Waals surface area contributed by atoms with E-state index in [-0.39, 0.29) is 12.5 Å². The molecule has 0 fully saturated rings. The summed E-state index contributed by atoms with van der Waals surface area (Å²) in [5.41, 5.74) is 4.54. The average Bonchev–Trinajstić information content (AvgIpc) is 3.06. The second kappa shape index (κ2) is 8.71. The summed E-state index contributed by atoms with van der Waals surface area (Å²) in [4.78, 5) is 26.7. The first-order valence-electron chi connectivity index (χ1n) is 9.69. The molecule has 4 rings (SSSR count). The largest absolute Gasteiger partial charge is 0.493 e. The van der Waals surface area contributed by atoms with Gasteiger partial charge in [-0.1, -0.05) is 36.9 Å². The van der Waals surface area contributed by atoms with E-state index in [1.54, 1.807) is 37.5 Å². The second-order valence-electron chi connectivity index (χ2n) is 6.88. The van der Waals surface area contributed by atoms with Gasteiger partial charge in [0.2, 0.25) is 0 Å². The molecule has 1 heterocycles. The summed E-state index contributed by atoms with van der Waals surface area (Å²) in [5, 5.41) is 5.84. The van der Waals surface area contributed by atoms with Gasteiger partial charge >= 0.3 is 0 Å². The number of amides is 2. The first-order chi connectivity index (χ1) is 15.1. The smallest absolute Gasteiger partial charge is 0.260 e. The lowest BCUT2D eigenvalue weighted by Crippen LogP contribution is -2.37.